The van der Waals surface area contributed by atoms with Crippen molar-refractivity contribution >= 4 is 34.2 Å². The molecule has 0 bridgehead atoms. The fourth-order valence-corrected chi connectivity index (χ4v) is 3.80. The van der Waals surface area contributed by atoms with Gasteiger partial charge in [-0.05, 0) is 72.6 Å². The molecule has 0 saturated carbocycles. The molecular formula is C30H24N2O4. The molecule has 0 saturated heterocycles. The first-order chi connectivity index (χ1) is 17.5. The van der Waals surface area contributed by atoms with Crippen LogP contribution in [0.25, 0.3) is 11.0 Å². The summed E-state index contributed by atoms with van der Waals surface area (Å²) in [4.78, 5) is 25.4. The highest BCUT2D eigenvalue weighted by atomic mass is 16.5. The van der Waals surface area contributed by atoms with Crippen molar-refractivity contribution in [3.63, 3.8) is 0 Å². The molecule has 2 amide bonds. The number of carbonyl (C=O) groups excluding carboxylic acids is 2. The Morgan fingerprint density at radius 3 is 2.28 bits per heavy atom. The van der Waals surface area contributed by atoms with Crippen LogP contribution in [-0.4, -0.2) is 11.8 Å². The van der Waals surface area contributed by atoms with Gasteiger partial charge in [0.2, 0.25) is 0 Å². The van der Waals surface area contributed by atoms with Crippen LogP contribution in [0, 0.1) is 6.92 Å². The number of benzene rings is 4. The summed E-state index contributed by atoms with van der Waals surface area (Å²) in [5, 5.41) is 6.65. The third-order valence-corrected chi connectivity index (χ3v) is 5.75. The van der Waals surface area contributed by atoms with Crippen LogP contribution in [0.3, 0.4) is 0 Å². The predicted octanol–water partition coefficient (Wildman–Crippen LogP) is 6.82. The van der Waals surface area contributed by atoms with Gasteiger partial charge in [-0.3, -0.25) is 9.59 Å². The van der Waals surface area contributed by atoms with Crippen LogP contribution >= 0.6 is 0 Å². The third kappa shape index (κ3) is 5.28. The van der Waals surface area contributed by atoms with Crippen molar-refractivity contribution in [3.8, 4) is 5.75 Å². The molecule has 0 atom stereocenters. The number of rotatable bonds is 7. The minimum Gasteiger partial charge on any atom is -0.489 e. The number of hydrogen-bond donors (Lipinski definition) is 2. The Morgan fingerprint density at radius 1 is 0.778 bits per heavy atom. The zero-order valence-corrected chi connectivity index (χ0v) is 19.7. The van der Waals surface area contributed by atoms with Crippen molar-refractivity contribution in [2.45, 2.75) is 13.5 Å². The minimum atomic E-state index is -0.331. The molecule has 4 aromatic carbocycles. The van der Waals surface area contributed by atoms with E-state index in [0.717, 1.165) is 22.3 Å². The maximum atomic E-state index is 12.7. The molecule has 0 unspecified atom stereocenters. The van der Waals surface area contributed by atoms with Gasteiger partial charge in [0.25, 0.3) is 11.8 Å². The average Bonchev–Trinajstić information content (AvgIpc) is 3.35. The van der Waals surface area contributed by atoms with Gasteiger partial charge >= 0.3 is 0 Å². The molecule has 5 rings (SSSR count). The molecule has 0 fully saturated rings. The lowest BCUT2D eigenvalue weighted by molar-refractivity contribution is 0.0996. The molecular weight excluding hydrogens is 452 g/mol. The van der Waals surface area contributed by atoms with E-state index in [-0.39, 0.29) is 17.6 Å². The van der Waals surface area contributed by atoms with Gasteiger partial charge in [-0.2, -0.15) is 0 Å². The van der Waals surface area contributed by atoms with E-state index in [1.54, 1.807) is 30.3 Å². The number of furan rings is 1. The molecule has 0 aliphatic carbocycles. The van der Waals surface area contributed by atoms with E-state index < -0.39 is 0 Å². The number of anilines is 2. The van der Waals surface area contributed by atoms with Crippen molar-refractivity contribution in [1.29, 1.82) is 0 Å². The van der Waals surface area contributed by atoms with Gasteiger partial charge in [-0.15, -0.1) is 0 Å². The monoisotopic (exact) mass is 476 g/mol. The first-order valence-corrected chi connectivity index (χ1v) is 11.5. The second-order valence-electron chi connectivity index (χ2n) is 8.39. The van der Waals surface area contributed by atoms with Crippen LogP contribution in [0.5, 0.6) is 5.75 Å². The van der Waals surface area contributed by atoms with Crippen LogP contribution in [0.4, 0.5) is 11.4 Å². The lowest BCUT2D eigenvalue weighted by Crippen LogP contribution is -2.14. The molecule has 0 radical (unpaired) electrons. The second-order valence-corrected chi connectivity index (χ2v) is 8.39. The van der Waals surface area contributed by atoms with Crippen molar-refractivity contribution in [2.75, 3.05) is 10.6 Å². The summed E-state index contributed by atoms with van der Waals surface area (Å²) in [5.74, 6) is 0.490. The van der Waals surface area contributed by atoms with E-state index in [9.17, 15) is 9.59 Å². The molecule has 6 heteroatoms. The van der Waals surface area contributed by atoms with Crippen molar-refractivity contribution in [1.82, 2.24) is 0 Å². The Kier molecular flexibility index (Phi) is 6.49. The van der Waals surface area contributed by atoms with E-state index >= 15 is 0 Å². The van der Waals surface area contributed by atoms with E-state index in [0.29, 0.717) is 29.1 Å². The molecule has 5 aromatic rings. The Hall–Kier alpha value is -4.84. The van der Waals surface area contributed by atoms with Gasteiger partial charge in [0, 0.05) is 22.3 Å². The SMILES string of the molecule is Cc1cc(NC(=O)c2ccc(COc3ccccc3)cc2)ccc1NC(=O)c1cc2ccccc2o1. The van der Waals surface area contributed by atoms with Crippen LogP contribution < -0.4 is 15.4 Å². The topological polar surface area (TPSA) is 80.6 Å². The van der Waals surface area contributed by atoms with E-state index in [2.05, 4.69) is 10.6 Å². The van der Waals surface area contributed by atoms with Gasteiger partial charge in [0.15, 0.2) is 5.76 Å². The number of amides is 2. The van der Waals surface area contributed by atoms with Crippen molar-refractivity contribution in [3.05, 3.63) is 126 Å². The number of ether oxygens (including phenoxy) is 1. The Bertz CT molecular complexity index is 1490. The van der Waals surface area contributed by atoms with E-state index in [1.807, 2.05) is 79.7 Å². The molecule has 178 valence electrons. The maximum Gasteiger partial charge on any atom is 0.291 e. The average molecular weight is 477 g/mol. The van der Waals surface area contributed by atoms with Crippen LogP contribution in [-0.2, 0) is 6.61 Å². The number of para-hydroxylation sites is 2. The molecule has 36 heavy (non-hydrogen) atoms. The molecule has 1 aromatic heterocycles. The lowest BCUT2D eigenvalue weighted by Gasteiger charge is -2.11. The summed E-state index contributed by atoms with van der Waals surface area (Å²) in [7, 11) is 0. The lowest BCUT2D eigenvalue weighted by atomic mass is 10.1. The largest absolute Gasteiger partial charge is 0.489 e. The van der Waals surface area contributed by atoms with Crippen LogP contribution in [0.1, 0.15) is 32.0 Å². The smallest absolute Gasteiger partial charge is 0.291 e. The summed E-state index contributed by atoms with van der Waals surface area (Å²) >= 11 is 0. The molecule has 0 spiro atoms. The zero-order valence-electron chi connectivity index (χ0n) is 19.7. The molecule has 0 aliphatic rings. The highest BCUT2D eigenvalue weighted by Gasteiger charge is 2.14. The number of nitrogens with one attached hydrogen (secondary N) is 2. The highest BCUT2D eigenvalue weighted by molar-refractivity contribution is 6.06. The maximum absolute atomic E-state index is 12.7. The Labute approximate surface area is 208 Å². The summed E-state index contributed by atoms with van der Waals surface area (Å²) < 4.78 is 11.4. The van der Waals surface area contributed by atoms with Gasteiger partial charge in [0.1, 0.15) is 17.9 Å². The predicted molar refractivity (Wildman–Crippen MR) is 141 cm³/mol. The standard InChI is InChI=1S/C30H24N2O4/c1-20-17-24(15-16-26(20)32-30(34)28-18-23-7-5-6-10-27(23)36-28)31-29(33)22-13-11-21(12-14-22)19-35-25-8-3-2-4-9-25/h2-18H,19H2,1H3,(H,31,33)(H,32,34). The minimum absolute atomic E-state index is 0.219. The number of fused-ring (bicyclic) bond motifs is 1. The van der Waals surface area contributed by atoms with Crippen molar-refractivity contribution in [2.24, 2.45) is 0 Å². The summed E-state index contributed by atoms with van der Waals surface area (Å²) in [5.41, 5.74) is 4.26. The van der Waals surface area contributed by atoms with Gasteiger partial charge in [-0.1, -0.05) is 48.5 Å². The van der Waals surface area contributed by atoms with Gasteiger partial charge in [0.05, 0.1) is 0 Å². The number of carbonyl (C=O) groups is 2. The molecule has 6 nitrogen and oxygen atoms in total. The normalized spacial score (nSPS) is 10.7. The summed E-state index contributed by atoms with van der Waals surface area (Å²) in [6.45, 7) is 2.29. The molecule has 2 N–H and O–H groups in total. The van der Waals surface area contributed by atoms with E-state index in [4.69, 9.17) is 9.15 Å². The number of hydrogen-bond acceptors (Lipinski definition) is 4. The highest BCUT2D eigenvalue weighted by Crippen LogP contribution is 2.23. The first-order valence-electron chi connectivity index (χ1n) is 11.5. The second kappa shape index (κ2) is 10.2. The van der Waals surface area contributed by atoms with Crippen molar-refractivity contribution < 1.29 is 18.7 Å². The van der Waals surface area contributed by atoms with Crippen LogP contribution in [0.2, 0.25) is 0 Å². The first kappa shape index (κ1) is 22.9. The summed E-state index contributed by atoms with van der Waals surface area (Å²) in [6.07, 6.45) is 0. The fraction of sp³-hybridized carbons (Fsp3) is 0.0667. The molecule has 1 heterocycles. The quantitative estimate of drug-likeness (QED) is 0.270. The van der Waals surface area contributed by atoms with Gasteiger partial charge < -0.3 is 19.8 Å². The van der Waals surface area contributed by atoms with Gasteiger partial charge in [-0.25, -0.2) is 0 Å². The zero-order chi connectivity index (χ0) is 24.9. The Balaban J connectivity index is 1.19. The van der Waals surface area contributed by atoms with Crippen LogP contribution in [0.15, 0.2) is 108 Å². The molecule has 0 aliphatic heterocycles. The fourth-order valence-electron chi connectivity index (χ4n) is 3.80. The summed E-state index contributed by atoms with van der Waals surface area (Å²) in [6, 6.07) is 31.4. The third-order valence-electron chi connectivity index (χ3n) is 5.75. The Morgan fingerprint density at radius 2 is 1.53 bits per heavy atom. The van der Waals surface area contributed by atoms with E-state index in [1.165, 1.54) is 0 Å². The number of aryl methyl sites for hydroxylation is 1.